The summed E-state index contributed by atoms with van der Waals surface area (Å²) in [6.07, 6.45) is 0.642. The molecule has 0 spiro atoms. The minimum atomic E-state index is -0.309. The van der Waals surface area contributed by atoms with E-state index in [0.29, 0.717) is 18.7 Å². The molecule has 0 radical (unpaired) electrons. The van der Waals surface area contributed by atoms with Crippen LogP contribution in [0.4, 0.5) is 0 Å². The van der Waals surface area contributed by atoms with E-state index in [9.17, 15) is 5.11 Å². The average molecular weight is 187 g/mol. The van der Waals surface area contributed by atoms with Crippen LogP contribution in [0.2, 0.25) is 0 Å². The van der Waals surface area contributed by atoms with E-state index in [-0.39, 0.29) is 6.10 Å². The molecular formula is C10H21NO2. The molecule has 0 saturated carbocycles. The van der Waals surface area contributed by atoms with Crippen molar-refractivity contribution in [3.05, 3.63) is 0 Å². The Hall–Kier alpha value is -0.120. The lowest BCUT2D eigenvalue weighted by atomic mass is 10.0. The van der Waals surface area contributed by atoms with Crippen molar-refractivity contribution in [2.24, 2.45) is 0 Å². The van der Waals surface area contributed by atoms with E-state index in [1.165, 1.54) is 0 Å². The Balaban J connectivity index is 2.55. The maximum atomic E-state index is 9.75. The Morgan fingerprint density at radius 2 is 2.23 bits per heavy atom. The first-order valence-electron chi connectivity index (χ1n) is 5.18. The number of aliphatic hydroxyl groups is 1. The van der Waals surface area contributed by atoms with Crippen molar-refractivity contribution in [3.63, 3.8) is 0 Å². The van der Waals surface area contributed by atoms with Crippen LogP contribution in [0.3, 0.4) is 0 Å². The first-order valence-corrected chi connectivity index (χ1v) is 5.18. The van der Waals surface area contributed by atoms with Gasteiger partial charge < -0.3 is 9.84 Å². The van der Waals surface area contributed by atoms with Crippen LogP contribution in [0.25, 0.3) is 0 Å². The van der Waals surface area contributed by atoms with E-state index in [1.54, 1.807) is 0 Å². The van der Waals surface area contributed by atoms with E-state index in [1.807, 2.05) is 0 Å². The lowest BCUT2D eigenvalue weighted by molar-refractivity contribution is -0.0705. The van der Waals surface area contributed by atoms with Gasteiger partial charge >= 0.3 is 0 Å². The highest BCUT2D eigenvalue weighted by molar-refractivity contribution is 4.83. The zero-order chi connectivity index (χ0) is 9.84. The van der Waals surface area contributed by atoms with Crippen molar-refractivity contribution in [2.75, 3.05) is 19.8 Å². The van der Waals surface area contributed by atoms with E-state index in [4.69, 9.17) is 4.74 Å². The normalized spacial score (nSPS) is 30.0. The lowest BCUT2D eigenvalue weighted by Crippen LogP contribution is -2.51. The minimum absolute atomic E-state index is 0.291. The van der Waals surface area contributed by atoms with Crippen molar-refractivity contribution in [3.8, 4) is 0 Å². The molecule has 1 aliphatic rings. The van der Waals surface area contributed by atoms with Crippen LogP contribution >= 0.6 is 0 Å². The summed E-state index contributed by atoms with van der Waals surface area (Å²) in [7, 11) is 0. The quantitative estimate of drug-likeness (QED) is 0.711. The van der Waals surface area contributed by atoms with Crippen LogP contribution in [-0.4, -0.2) is 48.0 Å². The van der Waals surface area contributed by atoms with Gasteiger partial charge in [-0.05, 0) is 26.8 Å². The molecule has 0 aromatic carbocycles. The highest BCUT2D eigenvalue weighted by Crippen LogP contribution is 2.17. The molecule has 1 rings (SSSR count). The summed E-state index contributed by atoms with van der Waals surface area (Å²) in [4.78, 5) is 2.34. The molecule has 13 heavy (non-hydrogen) atoms. The number of hydrogen-bond donors (Lipinski definition) is 1. The van der Waals surface area contributed by atoms with E-state index >= 15 is 0 Å². The molecule has 2 atom stereocenters. The zero-order valence-electron chi connectivity index (χ0n) is 8.86. The standard InChI is InChI=1S/C10H21NO2/c1-4-11(8(2)3)9-5-6-13-7-10(9)12/h8-10,12H,4-7H2,1-3H3. The van der Waals surface area contributed by atoms with Gasteiger partial charge in [-0.15, -0.1) is 0 Å². The van der Waals surface area contributed by atoms with E-state index < -0.39 is 0 Å². The first-order chi connectivity index (χ1) is 6.16. The number of likely N-dealkylation sites (N-methyl/N-ethyl adjacent to an activating group) is 1. The van der Waals surface area contributed by atoms with Gasteiger partial charge in [0.05, 0.1) is 12.7 Å². The fourth-order valence-electron chi connectivity index (χ4n) is 2.08. The largest absolute Gasteiger partial charge is 0.389 e. The fraction of sp³-hybridized carbons (Fsp3) is 1.00. The molecule has 1 N–H and O–H groups in total. The van der Waals surface area contributed by atoms with Gasteiger partial charge in [0.15, 0.2) is 0 Å². The molecule has 3 heteroatoms. The SMILES string of the molecule is CCN(C(C)C)C1CCOCC1O. The highest BCUT2D eigenvalue weighted by Gasteiger charge is 2.29. The van der Waals surface area contributed by atoms with Crippen molar-refractivity contribution in [2.45, 2.75) is 45.4 Å². The van der Waals surface area contributed by atoms with E-state index in [2.05, 4.69) is 25.7 Å². The summed E-state index contributed by atoms with van der Waals surface area (Å²) < 4.78 is 5.21. The predicted octanol–water partition coefficient (Wildman–Crippen LogP) is 0.866. The second-order valence-corrected chi connectivity index (χ2v) is 3.92. The number of ether oxygens (including phenoxy) is 1. The van der Waals surface area contributed by atoms with Gasteiger partial charge in [-0.1, -0.05) is 6.92 Å². The second-order valence-electron chi connectivity index (χ2n) is 3.92. The van der Waals surface area contributed by atoms with Gasteiger partial charge in [0.25, 0.3) is 0 Å². The molecule has 0 aromatic rings. The third kappa shape index (κ3) is 2.66. The number of aliphatic hydroxyl groups excluding tert-OH is 1. The number of rotatable bonds is 3. The molecule has 1 aliphatic heterocycles. The predicted molar refractivity (Wildman–Crippen MR) is 52.7 cm³/mol. The van der Waals surface area contributed by atoms with Crippen molar-refractivity contribution >= 4 is 0 Å². The Labute approximate surface area is 80.7 Å². The van der Waals surface area contributed by atoms with Crippen LogP contribution in [0, 0.1) is 0 Å². The lowest BCUT2D eigenvalue weighted by Gasteiger charge is -2.39. The van der Waals surface area contributed by atoms with Gasteiger partial charge in [-0.25, -0.2) is 0 Å². The summed E-state index contributed by atoms with van der Waals surface area (Å²) in [5.41, 5.74) is 0. The topological polar surface area (TPSA) is 32.7 Å². The van der Waals surface area contributed by atoms with Gasteiger partial charge in [-0.2, -0.15) is 0 Å². The molecule has 1 saturated heterocycles. The molecule has 2 unspecified atom stereocenters. The average Bonchev–Trinajstić information content (AvgIpc) is 2.09. The minimum Gasteiger partial charge on any atom is -0.389 e. The maximum absolute atomic E-state index is 9.75. The molecule has 78 valence electrons. The first kappa shape index (κ1) is 11.0. The van der Waals surface area contributed by atoms with Gasteiger partial charge in [-0.3, -0.25) is 4.90 Å². The molecule has 0 bridgehead atoms. The summed E-state index contributed by atoms with van der Waals surface area (Å²) in [6, 6.07) is 0.793. The highest BCUT2D eigenvalue weighted by atomic mass is 16.5. The maximum Gasteiger partial charge on any atom is 0.0929 e. The monoisotopic (exact) mass is 187 g/mol. The molecule has 0 aromatic heterocycles. The van der Waals surface area contributed by atoms with Crippen LogP contribution in [0.15, 0.2) is 0 Å². The molecule has 1 heterocycles. The van der Waals surface area contributed by atoms with Crippen LogP contribution < -0.4 is 0 Å². The Morgan fingerprint density at radius 1 is 1.54 bits per heavy atom. The second kappa shape index (κ2) is 4.94. The summed E-state index contributed by atoms with van der Waals surface area (Å²) in [6.45, 7) is 8.76. The Kier molecular flexibility index (Phi) is 4.16. The van der Waals surface area contributed by atoms with Crippen LogP contribution in [0.5, 0.6) is 0 Å². The fourth-order valence-corrected chi connectivity index (χ4v) is 2.08. The van der Waals surface area contributed by atoms with Gasteiger partial charge in [0.2, 0.25) is 0 Å². The molecule has 1 fully saturated rings. The molecule has 0 amide bonds. The zero-order valence-corrected chi connectivity index (χ0v) is 8.86. The summed E-state index contributed by atoms with van der Waals surface area (Å²) in [5.74, 6) is 0. The number of nitrogens with zero attached hydrogens (tertiary/aromatic N) is 1. The molecular weight excluding hydrogens is 166 g/mol. The summed E-state index contributed by atoms with van der Waals surface area (Å²) >= 11 is 0. The van der Waals surface area contributed by atoms with Crippen molar-refractivity contribution < 1.29 is 9.84 Å². The molecule has 0 aliphatic carbocycles. The Morgan fingerprint density at radius 3 is 2.69 bits per heavy atom. The third-order valence-electron chi connectivity index (χ3n) is 2.75. The van der Waals surface area contributed by atoms with Crippen LogP contribution in [0.1, 0.15) is 27.2 Å². The van der Waals surface area contributed by atoms with E-state index in [0.717, 1.165) is 19.6 Å². The third-order valence-corrected chi connectivity index (χ3v) is 2.75. The summed E-state index contributed by atoms with van der Waals surface area (Å²) in [5, 5.41) is 9.75. The smallest absolute Gasteiger partial charge is 0.0929 e. The van der Waals surface area contributed by atoms with Crippen molar-refractivity contribution in [1.82, 2.24) is 4.90 Å². The van der Waals surface area contributed by atoms with Crippen molar-refractivity contribution in [1.29, 1.82) is 0 Å². The van der Waals surface area contributed by atoms with Crippen LogP contribution in [-0.2, 0) is 4.74 Å². The van der Waals surface area contributed by atoms with Gasteiger partial charge in [0.1, 0.15) is 0 Å². The Bertz CT molecular complexity index is 150. The number of hydrogen-bond acceptors (Lipinski definition) is 3. The van der Waals surface area contributed by atoms with Gasteiger partial charge in [0, 0.05) is 18.7 Å². The molecule has 3 nitrogen and oxygen atoms in total.